The number of nitrogens with one attached hydrogen (secondary N) is 2. The zero-order valence-electron chi connectivity index (χ0n) is 22.8. The molecule has 0 saturated carbocycles. The van der Waals surface area contributed by atoms with Crippen LogP contribution in [-0.2, 0) is 20.8 Å². The third kappa shape index (κ3) is 6.97. The molecule has 0 saturated heterocycles. The average Bonchev–Trinajstić information content (AvgIpc) is 2.81. The van der Waals surface area contributed by atoms with Crippen molar-refractivity contribution in [2.45, 2.75) is 43.5 Å². The van der Waals surface area contributed by atoms with Gasteiger partial charge in [0.15, 0.2) is 0 Å². The number of thiol groups is 1. The molecule has 3 rings (SSSR count). The van der Waals surface area contributed by atoms with Crippen molar-refractivity contribution in [3.05, 3.63) is 47.5 Å². The van der Waals surface area contributed by atoms with E-state index in [1.165, 1.54) is 4.90 Å². The van der Waals surface area contributed by atoms with E-state index in [1.54, 1.807) is 4.90 Å². The Morgan fingerprint density at radius 1 is 1.08 bits per heavy atom. The van der Waals surface area contributed by atoms with Gasteiger partial charge in [-0.1, -0.05) is 6.07 Å². The van der Waals surface area contributed by atoms with E-state index in [9.17, 15) is 14.4 Å². The van der Waals surface area contributed by atoms with Crippen molar-refractivity contribution in [3.63, 3.8) is 0 Å². The van der Waals surface area contributed by atoms with Crippen LogP contribution in [0.5, 0.6) is 5.75 Å². The molecule has 1 aliphatic heterocycles. The van der Waals surface area contributed by atoms with Gasteiger partial charge in [0.05, 0.1) is 6.61 Å². The van der Waals surface area contributed by atoms with Crippen LogP contribution < -0.4 is 15.4 Å². The normalized spacial score (nSPS) is 16.2. The van der Waals surface area contributed by atoms with Gasteiger partial charge in [-0.2, -0.15) is 0 Å². The molecule has 37 heavy (non-hydrogen) atoms. The van der Waals surface area contributed by atoms with Crippen molar-refractivity contribution in [3.8, 4) is 5.75 Å². The number of hydrogen-bond donors (Lipinski definition) is 4. The van der Waals surface area contributed by atoms with Gasteiger partial charge in [-0.05, 0) is 91.1 Å². The first-order valence-corrected chi connectivity index (χ1v) is 16.7. The number of rotatable bonds is 10. The molecule has 1 heterocycles. The summed E-state index contributed by atoms with van der Waals surface area (Å²) in [4.78, 5) is 40.6. The highest BCUT2D eigenvalue weighted by molar-refractivity contribution is 8.47. The fourth-order valence-corrected chi connectivity index (χ4v) is 6.56. The van der Waals surface area contributed by atoms with Crippen molar-refractivity contribution in [1.29, 1.82) is 0 Å². The van der Waals surface area contributed by atoms with E-state index in [0.717, 1.165) is 22.6 Å². The lowest BCUT2D eigenvalue weighted by Gasteiger charge is -2.48. The molecule has 3 N–H and O–H groups in total. The standard InChI is InChI=1S/C28H41N3O5S/c1-7-36-21-12-13-22-19(17-21)15-16-31(25(32)9-8-10-26(33)34)27(22)28(35)30-20-11-14-24(23(18-20)29-2)37(3,4,5)6/h11-14,17-18,27,29,37H,7-10,15-16H2,1-6H3,(H,30,35)(H,33,34). The number of ether oxygens (including phenoxy) is 1. The maximum Gasteiger partial charge on any atom is 0.303 e. The second kappa shape index (κ2) is 11.0. The minimum absolute atomic E-state index is 0.0775. The molecular formula is C28H41N3O5S. The molecule has 2 aromatic carbocycles. The summed E-state index contributed by atoms with van der Waals surface area (Å²) in [5.41, 5.74) is 3.35. The Balaban J connectivity index is 1.93. The fraction of sp³-hybridized carbons (Fsp3) is 0.464. The number of hydrogen-bond acceptors (Lipinski definition) is 5. The zero-order valence-corrected chi connectivity index (χ0v) is 23.7. The van der Waals surface area contributed by atoms with Crippen LogP contribution in [0.4, 0.5) is 11.4 Å². The number of fused-ring (bicyclic) bond motifs is 1. The molecule has 1 atom stereocenters. The smallest absolute Gasteiger partial charge is 0.303 e. The van der Waals surface area contributed by atoms with Crippen LogP contribution in [0, 0.1) is 0 Å². The molecule has 2 aromatic rings. The summed E-state index contributed by atoms with van der Waals surface area (Å²) < 4.78 is 5.64. The third-order valence-electron chi connectivity index (χ3n) is 6.50. The molecule has 0 bridgehead atoms. The van der Waals surface area contributed by atoms with Crippen LogP contribution in [0.15, 0.2) is 41.3 Å². The van der Waals surface area contributed by atoms with Crippen molar-refractivity contribution in [2.24, 2.45) is 0 Å². The summed E-state index contributed by atoms with van der Waals surface area (Å²) in [5.74, 6) is -0.732. The molecular weight excluding hydrogens is 490 g/mol. The zero-order chi connectivity index (χ0) is 27.4. The fourth-order valence-electron chi connectivity index (χ4n) is 4.75. The lowest BCUT2D eigenvalue weighted by Crippen LogP contribution is -2.45. The Morgan fingerprint density at radius 3 is 2.43 bits per heavy atom. The molecule has 8 nitrogen and oxygen atoms in total. The highest BCUT2D eigenvalue weighted by Gasteiger charge is 2.36. The van der Waals surface area contributed by atoms with Gasteiger partial charge in [0.25, 0.3) is 5.91 Å². The maximum absolute atomic E-state index is 13.7. The number of amides is 2. The first-order chi connectivity index (χ1) is 17.3. The number of aliphatic carboxylic acids is 1. The Labute approximate surface area is 220 Å². The first-order valence-electron chi connectivity index (χ1n) is 12.7. The van der Waals surface area contributed by atoms with Gasteiger partial charge in [-0.15, -0.1) is 0 Å². The summed E-state index contributed by atoms with van der Waals surface area (Å²) in [6.07, 6.45) is 9.94. The van der Waals surface area contributed by atoms with Crippen molar-refractivity contribution in [1.82, 2.24) is 4.90 Å². The molecule has 1 unspecified atom stereocenters. The lowest BCUT2D eigenvalue weighted by atomic mass is 9.91. The van der Waals surface area contributed by atoms with Gasteiger partial charge in [0, 0.05) is 37.8 Å². The molecule has 9 heteroatoms. The van der Waals surface area contributed by atoms with Gasteiger partial charge < -0.3 is 25.4 Å². The molecule has 0 radical (unpaired) electrons. The summed E-state index contributed by atoms with van der Waals surface area (Å²) in [5, 5.41) is 15.3. The first kappa shape index (κ1) is 28.4. The molecule has 0 spiro atoms. The van der Waals surface area contributed by atoms with Crippen LogP contribution >= 0.6 is 9.16 Å². The summed E-state index contributed by atoms with van der Waals surface area (Å²) in [6, 6.07) is 10.7. The number of carbonyl (C=O) groups excluding carboxylic acids is 2. The number of carboxylic acids is 1. The molecule has 0 fully saturated rings. The number of nitrogens with zero attached hydrogens (tertiary/aromatic N) is 1. The topological polar surface area (TPSA) is 108 Å². The highest BCUT2D eigenvalue weighted by atomic mass is 32.3. The minimum Gasteiger partial charge on any atom is -0.494 e. The second-order valence-electron chi connectivity index (χ2n) is 11.3. The molecule has 0 aliphatic carbocycles. The predicted molar refractivity (Wildman–Crippen MR) is 153 cm³/mol. The van der Waals surface area contributed by atoms with Crippen molar-refractivity contribution in [2.75, 3.05) is 55.9 Å². The van der Waals surface area contributed by atoms with Crippen LogP contribution in [0.3, 0.4) is 0 Å². The van der Waals surface area contributed by atoms with E-state index in [0.29, 0.717) is 25.3 Å². The monoisotopic (exact) mass is 531 g/mol. The van der Waals surface area contributed by atoms with Crippen molar-refractivity contribution >= 4 is 38.3 Å². The van der Waals surface area contributed by atoms with E-state index in [-0.39, 0.29) is 31.1 Å². The van der Waals surface area contributed by atoms with E-state index in [1.807, 2.05) is 44.3 Å². The Kier molecular flexibility index (Phi) is 8.47. The van der Waals surface area contributed by atoms with E-state index in [4.69, 9.17) is 9.84 Å². The highest BCUT2D eigenvalue weighted by Crippen LogP contribution is 2.65. The molecule has 204 valence electrons. The van der Waals surface area contributed by atoms with E-state index < -0.39 is 21.2 Å². The summed E-state index contributed by atoms with van der Waals surface area (Å²) in [6.45, 7) is 2.83. The third-order valence-corrected chi connectivity index (χ3v) is 8.82. The van der Waals surface area contributed by atoms with Crippen LogP contribution in [-0.4, -0.2) is 73.0 Å². The minimum atomic E-state index is -2.06. The van der Waals surface area contributed by atoms with Crippen LogP contribution in [0.2, 0.25) is 0 Å². The largest absolute Gasteiger partial charge is 0.494 e. The van der Waals surface area contributed by atoms with E-state index in [2.05, 4.69) is 41.7 Å². The van der Waals surface area contributed by atoms with Crippen LogP contribution in [0.1, 0.15) is 43.4 Å². The van der Waals surface area contributed by atoms with E-state index >= 15 is 0 Å². The molecule has 1 aliphatic rings. The Morgan fingerprint density at radius 2 is 1.81 bits per heavy atom. The van der Waals surface area contributed by atoms with Crippen LogP contribution in [0.25, 0.3) is 0 Å². The van der Waals surface area contributed by atoms with Gasteiger partial charge in [-0.25, -0.2) is 0 Å². The van der Waals surface area contributed by atoms with Gasteiger partial charge in [-0.3, -0.25) is 23.5 Å². The predicted octanol–water partition coefficient (Wildman–Crippen LogP) is 4.40. The SMILES string of the molecule is CCOc1ccc2c(c1)CCN(C(=O)CCCC(=O)O)C2C(=O)Nc1ccc([SH](C)(C)(C)C)c(NC)c1. The van der Waals surface area contributed by atoms with Gasteiger partial charge in [0.1, 0.15) is 11.8 Å². The number of carbonyl (C=O) groups is 3. The molecule has 0 aromatic heterocycles. The Hall–Kier alpha value is -3.20. The number of carboxylic acid groups (broad SMARTS) is 1. The van der Waals surface area contributed by atoms with Gasteiger partial charge in [0.2, 0.25) is 5.91 Å². The lowest BCUT2D eigenvalue weighted by molar-refractivity contribution is -0.140. The average molecular weight is 532 g/mol. The maximum atomic E-state index is 13.7. The van der Waals surface area contributed by atoms with Gasteiger partial charge >= 0.3 is 5.97 Å². The number of anilines is 2. The summed E-state index contributed by atoms with van der Waals surface area (Å²) in [7, 11) is -0.185. The molecule has 2 amide bonds. The Bertz CT molecular complexity index is 1180. The quantitative estimate of drug-likeness (QED) is 0.339. The second-order valence-corrected chi connectivity index (χ2v) is 19.0. The van der Waals surface area contributed by atoms with Crippen molar-refractivity contribution < 1.29 is 24.2 Å². The number of benzene rings is 2. The summed E-state index contributed by atoms with van der Waals surface area (Å²) >= 11 is 0.